The van der Waals surface area contributed by atoms with Gasteiger partial charge in [0.1, 0.15) is 11.6 Å². The number of ketones is 1. The minimum absolute atomic E-state index is 0.110. The van der Waals surface area contributed by atoms with Gasteiger partial charge in [-0.15, -0.1) is 0 Å². The van der Waals surface area contributed by atoms with E-state index in [2.05, 4.69) is 13.8 Å². The lowest BCUT2D eigenvalue weighted by Gasteiger charge is -2.29. The van der Waals surface area contributed by atoms with E-state index in [1.165, 1.54) is 12.1 Å². The van der Waals surface area contributed by atoms with Crippen LogP contribution >= 0.6 is 11.6 Å². The average molecular weight is 297 g/mol. The highest BCUT2D eigenvalue weighted by Gasteiger charge is 2.40. The van der Waals surface area contributed by atoms with Crippen molar-refractivity contribution in [3.63, 3.8) is 0 Å². The number of hydrogen-bond donors (Lipinski definition) is 0. The Kier molecular flexibility index (Phi) is 4.85. The summed E-state index contributed by atoms with van der Waals surface area (Å²) in [5.74, 6) is 0.339. The number of rotatable bonds is 5. The van der Waals surface area contributed by atoms with Crippen molar-refractivity contribution in [3.8, 4) is 0 Å². The van der Waals surface area contributed by atoms with Crippen LogP contribution in [0.3, 0.4) is 0 Å². The first-order chi connectivity index (χ1) is 9.43. The Morgan fingerprint density at radius 2 is 2.00 bits per heavy atom. The van der Waals surface area contributed by atoms with Gasteiger partial charge in [0, 0.05) is 11.8 Å². The molecule has 0 radical (unpaired) electrons. The molecule has 0 amide bonds. The summed E-state index contributed by atoms with van der Waals surface area (Å²) in [5, 5.41) is 0.110. The molecule has 1 aliphatic rings. The summed E-state index contributed by atoms with van der Waals surface area (Å²) in [4.78, 5) is 12.7. The smallest absolute Gasteiger partial charge is 0.143 e. The Labute approximate surface area is 125 Å². The molecule has 0 N–H and O–H groups in total. The molecule has 0 aromatic heterocycles. The fraction of sp³-hybridized carbons (Fsp3) is 0.588. The van der Waals surface area contributed by atoms with Gasteiger partial charge in [-0.05, 0) is 42.9 Å². The van der Waals surface area contributed by atoms with Crippen molar-refractivity contribution in [3.05, 3.63) is 34.6 Å². The zero-order valence-electron chi connectivity index (χ0n) is 12.2. The third-order valence-corrected chi connectivity index (χ3v) is 4.61. The highest BCUT2D eigenvalue weighted by atomic mass is 35.5. The summed E-state index contributed by atoms with van der Waals surface area (Å²) >= 11 is 5.68. The van der Waals surface area contributed by atoms with Crippen LogP contribution in [-0.2, 0) is 11.2 Å². The molecule has 0 atom stereocenters. The number of carbonyl (C=O) groups is 1. The summed E-state index contributed by atoms with van der Waals surface area (Å²) in [5.41, 5.74) is 0.552. The quantitative estimate of drug-likeness (QED) is 0.730. The Balaban J connectivity index is 2.14. The van der Waals surface area contributed by atoms with Crippen molar-refractivity contribution in [1.82, 2.24) is 0 Å². The molecule has 0 saturated heterocycles. The normalized spacial score (nSPS) is 17.6. The number of hydrogen-bond acceptors (Lipinski definition) is 1. The first-order valence-corrected chi connectivity index (χ1v) is 7.78. The number of carbonyl (C=O) groups excluding carboxylic acids is 1. The van der Waals surface area contributed by atoms with Gasteiger partial charge in [-0.25, -0.2) is 4.39 Å². The van der Waals surface area contributed by atoms with Crippen LogP contribution in [0.15, 0.2) is 18.2 Å². The molecule has 3 heteroatoms. The summed E-state index contributed by atoms with van der Waals surface area (Å²) in [6.45, 7) is 4.32. The maximum absolute atomic E-state index is 13.5. The standard InChI is InChI=1S/C17H22ClFO/c1-12(2)11-17(7-3-4-8-17)16(20)10-13-5-6-14(18)15(19)9-13/h5-6,9,12H,3-4,7-8,10-11H2,1-2H3. The van der Waals surface area contributed by atoms with Crippen molar-refractivity contribution in [2.45, 2.75) is 52.4 Å². The first kappa shape index (κ1) is 15.5. The van der Waals surface area contributed by atoms with Crippen molar-refractivity contribution >= 4 is 17.4 Å². The van der Waals surface area contributed by atoms with E-state index < -0.39 is 5.82 Å². The van der Waals surface area contributed by atoms with E-state index in [4.69, 9.17) is 11.6 Å². The van der Waals surface area contributed by atoms with E-state index >= 15 is 0 Å². The van der Waals surface area contributed by atoms with Gasteiger partial charge in [-0.2, -0.15) is 0 Å². The van der Waals surface area contributed by atoms with Gasteiger partial charge in [-0.1, -0.05) is 44.4 Å². The van der Waals surface area contributed by atoms with Gasteiger partial charge in [0.2, 0.25) is 0 Å². The molecule has 20 heavy (non-hydrogen) atoms. The van der Waals surface area contributed by atoms with E-state index in [0.717, 1.165) is 37.7 Å². The lowest BCUT2D eigenvalue weighted by molar-refractivity contribution is -0.128. The molecule has 1 aliphatic carbocycles. The van der Waals surface area contributed by atoms with Crippen LogP contribution in [0.25, 0.3) is 0 Å². The SMILES string of the molecule is CC(C)CC1(C(=O)Cc2ccc(Cl)c(F)c2)CCCC1. The molecule has 110 valence electrons. The maximum atomic E-state index is 13.5. The van der Waals surface area contributed by atoms with E-state index in [9.17, 15) is 9.18 Å². The van der Waals surface area contributed by atoms with Gasteiger partial charge < -0.3 is 0 Å². The Morgan fingerprint density at radius 1 is 1.35 bits per heavy atom. The van der Waals surface area contributed by atoms with E-state index in [0.29, 0.717) is 12.3 Å². The largest absolute Gasteiger partial charge is 0.299 e. The summed E-state index contributed by atoms with van der Waals surface area (Å²) in [6.07, 6.45) is 5.50. The molecule has 0 spiro atoms. The van der Waals surface area contributed by atoms with Crippen LogP contribution < -0.4 is 0 Å². The van der Waals surface area contributed by atoms with Crippen LogP contribution in [0, 0.1) is 17.2 Å². The van der Waals surface area contributed by atoms with E-state index in [-0.39, 0.29) is 16.2 Å². The van der Waals surface area contributed by atoms with Gasteiger partial charge in [0.05, 0.1) is 5.02 Å². The number of Topliss-reactive ketones (excluding diaryl/α,β-unsaturated/α-hetero) is 1. The third kappa shape index (κ3) is 3.41. The molecule has 0 bridgehead atoms. The Morgan fingerprint density at radius 3 is 2.55 bits per heavy atom. The highest BCUT2D eigenvalue weighted by molar-refractivity contribution is 6.30. The monoisotopic (exact) mass is 296 g/mol. The minimum atomic E-state index is -0.443. The van der Waals surface area contributed by atoms with Crippen molar-refractivity contribution < 1.29 is 9.18 Å². The molecule has 0 heterocycles. The van der Waals surface area contributed by atoms with Crippen LogP contribution in [-0.4, -0.2) is 5.78 Å². The topological polar surface area (TPSA) is 17.1 Å². The zero-order valence-corrected chi connectivity index (χ0v) is 13.0. The lowest BCUT2D eigenvalue weighted by atomic mass is 9.73. The minimum Gasteiger partial charge on any atom is -0.299 e. The predicted octanol–water partition coefficient (Wildman–Crippen LogP) is 5.20. The fourth-order valence-corrected chi connectivity index (χ4v) is 3.57. The Bertz CT molecular complexity index is 490. The van der Waals surface area contributed by atoms with Crippen LogP contribution in [0.4, 0.5) is 4.39 Å². The molecule has 1 aromatic carbocycles. The first-order valence-electron chi connectivity index (χ1n) is 7.40. The molecule has 0 aliphatic heterocycles. The van der Waals surface area contributed by atoms with Gasteiger partial charge in [-0.3, -0.25) is 4.79 Å². The highest BCUT2D eigenvalue weighted by Crippen LogP contribution is 2.44. The summed E-state index contributed by atoms with van der Waals surface area (Å²) < 4.78 is 13.5. The van der Waals surface area contributed by atoms with Crippen LogP contribution in [0.1, 0.15) is 51.5 Å². The number of halogens is 2. The van der Waals surface area contributed by atoms with Gasteiger partial charge in [0.15, 0.2) is 0 Å². The van der Waals surface area contributed by atoms with E-state index in [1.807, 2.05) is 0 Å². The average Bonchev–Trinajstić information content (AvgIpc) is 2.83. The summed E-state index contributed by atoms with van der Waals surface area (Å²) in [6, 6.07) is 4.67. The molecule has 1 nitrogen and oxygen atoms in total. The molecule has 1 fully saturated rings. The molecule has 0 unspecified atom stereocenters. The van der Waals surface area contributed by atoms with Crippen molar-refractivity contribution in [2.24, 2.45) is 11.3 Å². The fourth-order valence-electron chi connectivity index (χ4n) is 3.45. The maximum Gasteiger partial charge on any atom is 0.143 e. The van der Waals surface area contributed by atoms with Crippen LogP contribution in [0.2, 0.25) is 5.02 Å². The van der Waals surface area contributed by atoms with Crippen LogP contribution in [0.5, 0.6) is 0 Å². The lowest BCUT2D eigenvalue weighted by Crippen LogP contribution is -2.31. The van der Waals surface area contributed by atoms with Crippen molar-refractivity contribution in [1.29, 1.82) is 0 Å². The zero-order chi connectivity index (χ0) is 14.8. The second-order valence-electron chi connectivity index (χ2n) is 6.43. The molecular formula is C17H22ClFO. The summed E-state index contributed by atoms with van der Waals surface area (Å²) in [7, 11) is 0. The van der Waals surface area contributed by atoms with Gasteiger partial charge >= 0.3 is 0 Å². The molecule has 1 saturated carbocycles. The second-order valence-corrected chi connectivity index (χ2v) is 6.84. The van der Waals surface area contributed by atoms with Gasteiger partial charge in [0.25, 0.3) is 0 Å². The van der Waals surface area contributed by atoms with E-state index in [1.54, 1.807) is 6.07 Å². The molecule has 2 rings (SSSR count). The second kappa shape index (κ2) is 6.26. The predicted molar refractivity (Wildman–Crippen MR) is 80.5 cm³/mol. The molecule has 1 aromatic rings. The van der Waals surface area contributed by atoms with Crippen molar-refractivity contribution in [2.75, 3.05) is 0 Å². The third-order valence-electron chi connectivity index (χ3n) is 4.30. The molecular weight excluding hydrogens is 275 g/mol. The Hall–Kier alpha value is -0.890. The number of benzene rings is 1.